The number of nitrogens with zero attached hydrogens (tertiary/aromatic N) is 1. The van der Waals surface area contributed by atoms with E-state index >= 15 is 0 Å². The molecule has 0 amide bonds. The van der Waals surface area contributed by atoms with E-state index in [1.165, 1.54) is 6.07 Å². The summed E-state index contributed by atoms with van der Waals surface area (Å²) in [5.74, 6) is -0.123. The molecule has 0 saturated carbocycles. The monoisotopic (exact) mass is 325 g/mol. The lowest BCUT2D eigenvalue weighted by Gasteiger charge is -2.25. The first-order chi connectivity index (χ1) is 8.79. The van der Waals surface area contributed by atoms with E-state index in [1.807, 2.05) is 18.7 Å². The summed E-state index contributed by atoms with van der Waals surface area (Å²) in [5.41, 5.74) is 0.637. The molecule has 0 fully saturated rings. The number of hydrogen-bond donors (Lipinski definition) is 2. The highest BCUT2D eigenvalue weighted by molar-refractivity contribution is 6.32. The van der Waals surface area contributed by atoms with Crippen molar-refractivity contribution >= 4 is 34.8 Å². The van der Waals surface area contributed by atoms with E-state index in [9.17, 15) is 10.2 Å². The third-order valence-electron chi connectivity index (χ3n) is 2.56. The fraction of sp³-hybridized carbons (Fsp3) is 0.538. The van der Waals surface area contributed by atoms with Crippen molar-refractivity contribution in [2.24, 2.45) is 0 Å². The molecule has 2 atom stereocenters. The summed E-state index contributed by atoms with van der Waals surface area (Å²) in [6, 6.07) is 2.79. The van der Waals surface area contributed by atoms with E-state index in [0.717, 1.165) is 0 Å². The molecule has 0 aromatic heterocycles. The number of aromatic hydroxyl groups is 2. The van der Waals surface area contributed by atoms with Gasteiger partial charge in [0.2, 0.25) is 0 Å². The SMILES string of the molecule is CC(Cl)CN(Cc1cc(Cl)c(O)cc1O)CC(C)Cl. The lowest BCUT2D eigenvalue weighted by molar-refractivity contribution is 0.266. The van der Waals surface area contributed by atoms with Crippen molar-refractivity contribution < 1.29 is 10.2 Å². The van der Waals surface area contributed by atoms with Crippen LogP contribution in [-0.2, 0) is 6.54 Å². The Morgan fingerprint density at radius 1 is 1.05 bits per heavy atom. The van der Waals surface area contributed by atoms with Gasteiger partial charge in [0.05, 0.1) is 5.02 Å². The quantitative estimate of drug-likeness (QED) is 0.781. The average Bonchev–Trinajstić information content (AvgIpc) is 2.23. The van der Waals surface area contributed by atoms with Gasteiger partial charge in [0, 0.05) is 42.0 Å². The van der Waals surface area contributed by atoms with Gasteiger partial charge in [-0.25, -0.2) is 0 Å². The number of benzene rings is 1. The minimum Gasteiger partial charge on any atom is -0.507 e. The second-order valence-corrected chi connectivity index (χ2v) is 6.59. The zero-order valence-electron chi connectivity index (χ0n) is 10.9. The molecule has 1 aromatic carbocycles. The molecule has 1 rings (SSSR count). The van der Waals surface area contributed by atoms with Crippen LogP contribution in [0.2, 0.25) is 5.02 Å². The predicted molar refractivity (Wildman–Crippen MR) is 80.7 cm³/mol. The van der Waals surface area contributed by atoms with E-state index in [-0.39, 0.29) is 27.3 Å². The van der Waals surface area contributed by atoms with Crippen molar-refractivity contribution in [1.82, 2.24) is 4.90 Å². The fourth-order valence-corrected chi connectivity index (χ4v) is 2.45. The Morgan fingerprint density at radius 3 is 2.05 bits per heavy atom. The zero-order chi connectivity index (χ0) is 14.6. The molecule has 0 heterocycles. The third kappa shape index (κ3) is 5.65. The summed E-state index contributed by atoms with van der Waals surface area (Å²) < 4.78 is 0. The normalized spacial score (nSPS) is 14.6. The Labute approximate surface area is 128 Å². The molecule has 2 unspecified atom stereocenters. The Bertz CT molecular complexity index is 415. The summed E-state index contributed by atoms with van der Waals surface area (Å²) >= 11 is 17.9. The minimum atomic E-state index is -0.133. The van der Waals surface area contributed by atoms with E-state index in [4.69, 9.17) is 34.8 Å². The summed E-state index contributed by atoms with van der Waals surface area (Å²) in [5, 5.41) is 19.4. The molecule has 0 aliphatic carbocycles. The van der Waals surface area contributed by atoms with Crippen LogP contribution in [0.4, 0.5) is 0 Å². The highest BCUT2D eigenvalue weighted by Crippen LogP contribution is 2.31. The zero-order valence-corrected chi connectivity index (χ0v) is 13.2. The van der Waals surface area contributed by atoms with Crippen molar-refractivity contribution in [1.29, 1.82) is 0 Å². The summed E-state index contributed by atoms with van der Waals surface area (Å²) in [6.45, 7) is 5.57. The first kappa shape index (κ1) is 16.7. The van der Waals surface area contributed by atoms with Crippen molar-refractivity contribution in [3.8, 4) is 11.5 Å². The van der Waals surface area contributed by atoms with E-state index in [1.54, 1.807) is 6.07 Å². The van der Waals surface area contributed by atoms with Gasteiger partial charge in [0.1, 0.15) is 11.5 Å². The molecular formula is C13H18Cl3NO2. The van der Waals surface area contributed by atoms with Crippen LogP contribution in [0.5, 0.6) is 11.5 Å². The second kappa shape index (κ2) is 7.44. The molecule has 6 heteroatoms. The Balaban J connectivity index is 2.86. The minimum absolute atomic E-state index is 0.0105. The Morgan fingerprint density at radius 2 is 1.58 bits per heavy atom. The molecule has 108 valence electrons. The Hall–Kier alpha value is -0.350. The van der Waals surface area contributed by atoms with Crippen LogP contribution in [0.1, 0.15) is 19.4 Å². The molecule has 1 aromatic rings. The van der Waals surface area contributed by atoms with Gasteiger partial charge in [-0.15, -0.1) is 23.2 Å². The number of alkyl halides is 2. The van der Waals surface area contributed by atoms with Crippen LogP contribution in [0.3, 0.4) is 0 Å². The van der Waals surface area contributed by atoms with Gasteiger partial charge in [-0.3, -0.25) is 4.90 Å². The number of hydrogen-bond acceptors (Lipinski definition) is 3. The number of rotatable bonds is 6. The molecule has 0 radical (unpaired) electrons. The van der Waals surface area contributed by atoms with Crippen LogP contribution >= 0.6 is 34.8 Å². The molecule has 0 saturated heterocycles. The smallest absolute Gasteiger partial charge is 0.137 e. The lowest BCUT2D eigenvalue weighted by Crippen LogP contribution is -2.33. The average molecular weight is 327 g/mol. The lowest BCUT2D eigenvalue weighted by atomic mass is 10.1. The fourth-order valence-electron chi connectivity index (χ4n) is 1.87. The predicted octanol–water partition coefficient (Wildman–Crippen LogP) is 3.81. The maximum absolute atomic E-state index is 9.82. The van der Waals surface area contributed by atoms with Crippen molar-refractivity contribution in [2.45, 2.75) is 31.1 Å². The van der Waals surface area contributed by atoms with Gasteiger partial charge in [-0.05, 0) is 19.9 Å². The highest BCUT2D eigenvalue weighted by atomic mass is 35.5. The van der Waals surface area contributed by atoms with Gasteiger partial charge >= 0.3 is 0 Å². The van der Waals surface area contributed by atoms with Crippen LogP contribution in [-0.4, -0.2) is 39.0 Å². The van der Waals surface area contributed by atoms with Crippen LogP contribution in [0.25, 0.3) is 0 Å². The molecule has 0 aliphatic rings. The molecule has 0 aliphatic heterocycles. The molecule has 0 bridgehead atoms. The van der Waals surface area contributed by atoms with Crippen LogP contribution in [0.15, 0.2) is 12.1 Å². The molecule has 3 nitrogen and oxygen atoms in total. The maximum Gasteiger partial charge on any atom is 0.137 e. The summed E-state index contributed by atoms with van der Waals surface area (Å²) in [7, 11) is 0. The van der Waals surface area contributed by atoms with Crippen molar-refractivity contribution in [3.63, 3.8) is 0 Å². The third-order valence-corrected chi connectivity index (χ3v) is 3.14. The first-order valence-corrected chi connectivity index (χ1v) is 7.25. The van der Waals surface area contributed by atoms with Gasteiger partial charge < -0.3 is 10.2 Å². The van der Waals surface area contributed by atoms with Gasteiger partial charge in [-0.2, -0.15) is 0 Å². The van der Waals surface area contributed by atoms with Crippen molar-refractivity contribution in [3.05, 3.63) is 22.7 Å². The molecule has 0 spiro atoms. The van der Waals surface area contributed by atoms with Gasteiger partial charge in [0.25, 0.3) is 0 Å². The van der Waals surface area contributed by atoms with E-state index in [2.05, 4.69) is 0 Å². The second-order valence-electron chi connectivity index (χ2n) is 4.69. The standard InChI is InChI=1S/C13H18Cl3NO2/c1-8(14)5-17(6-9(2)15)7-10-3-11(16)13(19)4-12(10)18/h3-4,8-9,18-19H,5-7H2,1-2H3. The largest absolute Gasteiger partial charge is 0.507 e. The summed E-state index contributed by atoms with van der Waals surface area (Å²) in [4.78, 5) is 2.04. The molecular weight excluding hydrogens is 309 g/mol. The van der Waals surface area contributed by atoms with Gasteiger partial charge in [0.15, 0.2) is 0 Å². The van der Waals surface area contributed by atoms with Crippen LogP contribution in [0, 0.1) is 0 Å². The number of phenolic OH excluding ortho intramolecular Hbond substituents is 2. The first-order valence-electron chi connectivity index (χ1n) is 6.00. The van der Waals surface area contributed by atoms with E-state index in [0.29, 0.717) is 25.2 Å². The highest BCUT2D eigenvalue weighted by Gasteiger charge is 2.15. The summed E-state index contributed by atoms with van der Waals surface area (Å²) in [6.07, 6.45) is 0. The molecule has 19 heavy (non-hydrogen) atoms. The van der Waals surface area contributed by atoms with Crippen LogP contribution < -0.4 is 0 Å². The Kier molecular flexibility index (Phi) is 6.54. The van der Waals surface area contributed by atoms with Gasteiger partial charge in [-0.1, -0.05) is 11.6 Å². The maximum atomic E-state index is 9.82. The molecule has 2 N–H and O–H groups in total. The number of phenols is 2. The van der Waals surface area contributed by atoms with Crippen molar-refractivity contribution in [2.75, 3.05) is 13.1 Å². The van der Waals surface area contributed by atoms with E-state index < -0.39 is 0 Å². The topological polar surface area (TPSA) is 43.7 Å². The number of halogens is 3.